The Bertz CT molecular complexity index is 1170. The SMILES string of the molecule is CCN1CCN(C(=O)CC(c2ccc(Cl)c(C(F)(F)F)c2)c2c[nH]c3ccc(OC)cc23)CC1. The van der Waals surface area contributed by atoms with E-state index in [9.17, 15) is 18.0 Å². The molecular formula is C25H27ClF3N3O2. The third-order valence-electron chi connectivity index (χ3n) is 6.55. The van der Waals surface area contributed by atoms with Crippen LogP contribution in [0, 0.1) is 0 Å². The first-order valence-corrected chi connectivity index (χ1v) is 11.6. The number of benzene rings is 2. The Hall–Kier alpha value is -2.71. The van der Waals surface area contributed by atoms with Crippen LogP contribution in [0.2, 0.25) is 5.02 Å². The molecule has 1 amide bonds. The molecular weight excluding hydrogens is 467 g/mol. The number of nitrogens with one attached hydrogen (secondary N) is 1. The van der Waals surface area contributed by atoms with Crippen molar-refractivity contribution >= 4 is 28.4 Å². The first-order chi connectivity index (χ1) is 16.2. The van der Waals surface area contributed by atoms with E-state index in [1.54, 1.807) is 30.3 Å². The van der Waals surface area contributed by atoms with Crippen LogP contribution < -0.4 is 4.74 Å². The topological polar surface area (TPSA) is 48.6 Å². The molecule has 0 spiro atoms. The molecule has 34 heavy (non-hydrogen) atoms. The predicted molar refractivity (Wildman–Crippen MR) is 126 cm³/mol. The van der Waals surface area contributed by atoms with Gasteiger partial charge in [-0.05, 0) is 48.0 Å². The highest BCUT2D eigenvalue weighted by Gasteiger charge is 2.35. The first kappa shape index (κ1) is 24.4. The Kier molecular flexibility index (Phi) is 7.09. The average Bonchev–Trinajstić information content (AvgIpc) is 3.25. The van der Waals surface area contributed by atoms with Crippen LogP contribution in [0.25, 0.3) is 10.9 Å². The molecule has 1 aliphatic rings. The minimum Gasteiger partial charge on any atom is -0.497 e. The quantitative estimate of drug-likeness (QED) is 0.491. The van der Waals surface area contributed by atoms with Gasteiger partial charge in [0.15, 0.2) is 0 Å². The number of ether oxygens (including phenoxy) is 1. The molecule has 0 saturated carbocycles. The highest BCUT2D eigenvalue weighted by Crippen LogP contribution is 2.40. The summed E-state index contributed by atoms with van der Waals surface area (Å²) < 4.78 is 46.2. The van der Waals surface area contributed by atoms with E-state index in [2.05, 4.69) is 16.8 Å². The van der Waals surface area contributed by atoms with Gasteiger partial charge in [-0.25, -0.2) is 0 Å². The number of halogens is 4. The van der Waals surface area contributed by atoms with E-state index in [1.807, 2.05) is 12.1 Å². The first-order valence-electron chi connectivity index (χ1n) is 11.2. The number of piperazine rings is 1. The molecule has 2 heterocycles. The molecule has 182 valence electrons. The molecule has 1 saturated heterocycles. The van der Waals surface area contributed by atoms with Crippen LogP contribution in [0.5, 0.6) is 5.75 Å². The maximum atomic E-state index is 13.6. The number of carbonyl (C=O) groups excluding carboxylic acids is 1. The average molecular weight is 494 g/mol. The number of hydrogen-bond acceptors (Lipinski definition) is 3. The van der Waals surface area contributed by atoms with Gasteiger partial charge in [0, 0.05) is 55.6 Å². The zero-order valence-corrected chi connectivity index (χ0v) is 19.8. The maximum absolute atomic E-state index is 13.6. The standard InChI is InChI=1S/C25H27ClF3N3O2/c1-3-31-8-10-32(11-9-31)24(33)14-18(16-4-6-22(26)21(12-16)25(27,28)29)20-15-30-23-7-5-17(34-2)13-19(20)23/h4-7,12-13,15,18,30H,3,8-11,14H2,1-2H3. The summed E-state index contributed by atoms with van der Waals surface area (Å²) in [5, 5.41) is 0.439. The van der Waals surface area contributed by atoms with Gasteiger partial charge in [-0.2, -0.15) is 13.2 Å². The van der Waals surface area contributed by atoms with Crippen molar-refractivity contribution in [2.24, 2.45) is 0 Å². The highest BCUT2D eigenvalue weighted by molar-refractivity contribution is 6.31. The molecule has 1 aromatic heterocycles. The summed E-state index contributed by atoms with van der Waals surface area (Å²) in [5.74, 6) is -0.0429. The van der Waals surface area contributed by atoms with Gasteiger partial charge in [0.1, 0.15) is 5.75 Å². The second-order valence-corrected chi connectivity index (χ2v) is 8.87. The van der Waals surface area contributed by atoms with Crippen LogP contribution in [0.4, 0.5) is 13.2 Å². The Labute approximate surface area is 201 Å². The Morgan fingerprint density at radius 1 is 1.15 bits per heavy atom. The number of likely N-dealkylation sites (N-methyl/N-ethyl adjacent to an activating group) is 1. The van der Waals surface area contributed by atoms with Crippen molar-refractivity contribution in [2.45, 2.75) is 25.4 Å². The molecule has 1 N–H and O–H groups in total. The van der Waals surface area contributed by atoms with Gasteiger partial charge in [-0.1, -0.05) is 24.6 Å². The number of aromatic amines is 1. The lowest BCUT2D eigenvalue weighted by Crippen LogP contribution is -2.48. The molecule has 4 rings (SSSR count). The number of alkyl halides is 3. The molecule has 1 unspecified atom stereocenters. The Morgan fingerprint density at radius 2 is 1.88 bits per heavy atom. The van der Waals surface area contributed by atoms with Gasteiger partial charge < -0.3 is 19.5 Å². The number of methoxy groups -OCH3 is 1. The summed E-state index contributed by atoms with van der Waals surface area (Å²) in [6, 6.07) is 9.38. The normalized spacial score (nSPS) is 16.1. The van der Waals surface area contributed by atoms with Gasteiger partial charge in [-0.15, -0.1) is 0 Å². The van der Waals surface area contributed by atoms with E-state index in [0.29, 0.717) is 24.4 Å². The monoisotopic (exact) mass is 493 g/mol. The number of aromatic nitrogens is 1. The van der Waals surface area contributed by atoms with Gasteiger partial charge in [0.05, 0.1) is 17.7 Å². The van der Waals surface area contributed by atoms with E-state index >= 15 is 0 Å². The van der Waals surface area contributed by atoms with Crippen molar-refractivity contribution in [3.8, 4) is 5.75 Å². The second kappa shape index (κ2) is 9.88. The molecule has 5 nitrogen and oxygen atoms in total. The lowest BCUT2D eigenvalue weighted by Gasteiger charge is -2.35. The van der Waals surface area contributed by atoms with Crippen LogP contribution in [-0.2, 0) is 11.0 Å². The number of H-pyrrole nitrogens is 1. The zero-order valence-electron chi connectivity index (χ0n) is 19.1. The molecule has 2 aromatic carbocycles. The van der Waals surface area contributed by atoms with Gasteiger partial charge >= 0.3 is 6.18 Å². The molecule has 3 aromatic rings. The van der Waals surface area contributed by atoms with E-state index in [-0.39, 0.29) is 17.4 Å². The zero-order chi connectivity index (χ0) is 24.5. The molecule has 0 aliphatic carbocycles. The molecule has 1 aliphatic heterocycles. The Balaban J connectivity index is 1.74. The molecule has 1 atom stereocenters. The number of carbonyl (C=O) groups is 1. The van der Waals surface area contributed by atoms with Gasteiger partial charge in [0.25, 0.3) is 0 Å². The van der Waals surface area contributed by atoms with E-state index in [0.717, 1.165) is 42.2 Å². The number of rotatable bonds is 6. The van der Waals surface area contributed by atoms with E-state index in [1.165, 1.54) is 6.07 Å². The number of nitrogens with zero attached hydrogens (tertiary/aromatic N) is 2. The van der Waals surface area contributed by atoms with Gasteiger partial charge in [-0.3, -0.25) is 4.79 Å². The summed E-state index contributed by atoms with van der Waals surface area (Å²) in [6.45, 7) is 5.79. The minimum absolute atomic E-state index is 0.0508. The summed E-state index contributed by atoms with van der Waals surface area (Å²) >= 11 is 5.88. The third-order valence-corrected chi connectivity index (χ3v) is 6.88. The van der Waals surface area contributed by atoms with Crippen molar-refractivity contribution < 1.29 is 22.7 Å². The molecule has 9 heteroatoms. The molecule has 1 fully saturated rings. The van der Waals surface area contributed by atoms with Crippen molar-refractivity contribution in [1.82, 2.24) is 14.8 Å². The fraction of sp³-hybridized carbons (Fsp3) is 0.400. The summed E-state index contributed by atoms with van der Waals surface area (Å²) in [5.41, 5.74) is 1.04. The number of hydrogen-bond donors (Lipinski definition) is 1. The lowest BCUT2D eigenvalue weighted by molar-refractivity contribution is -0.137. The summed E-state index contributed by atoms with van der Waals surface area (Å²) in [4.78, 5) is 20.5. The predicted octanol–water partition coefficient (Wildman–Crippen LogP) is 5.53. The summed E-state index contributed by atoms with van der Waals surface area (Å²) in [6.07, 6.45) is -2.78. The van der Waals surface area contributed by atoms with E-state index in [4.69, 9.17) is 16.3 Å². The van der Waals surface area contributed by atoms with Crippen molar-refractivity contribution in [3.63, 3.8) is 0 Å². The van der Waals surface area contributed by atoms with Crippen LogP contribution in [0.15, 0.2) is 42.6 Å². The number of amides is 1. The molecule has 0 radical (unpaired) electrons. The third kappa shape index (κ3) is 5.03. The van der Waals surface area contributed by atoms with Crippen LogP contribution in [-0.4, -0.2) is 60.5 Å². The molecule has 0 bridgehead atoms. The maximum Gasteiger partial charge on any atom is 0.417 e. The largest absolute Gasteiger partial charge is 0.497 e. The highest BCUT2D eigenvalue weighted by atomic mass is 35.5. The second-order valence-electron chi connectivity index (χ2n) is 8.46. The van der Waals surface area contributed by atoms with Crippen molar-refractivity contribution in [1.29, 1.82) is 0 Å². The Morgan fingerprint density at radius 3 is 2.53 bits per heavy atom. The fourth-order valence-electron chi connectivity index (χ4n) is 4.54. The van der Waals surface area contributed by atoms with Crippen molar-refractivity contribution in [2.75, 3.05) is 39.8 Å². The van der Waals surface area contributed by atoms with Crippen LogP contribution in [0.3, 0.4) is 0 Å². The number of fused-ring (bicyclic) bond motifs is 1. The smallest absolute Gasteiger partial charge is 0.417 e. The minimum atomic E-state index is -4.60. The van der Waals surface area contributed by atoms with Crippen LogP contribution in [0.1, 0.15) is 36.0 Å². The summed E-state index contributed by atoms with van der Waals surface area (Å²) in [7, 11) is 1.55. The lowest BCUT2D eigenvalue weighted by atomic mass is 9.86. The van der Waals surface area contributed by atoms with Crippen molar-refractivity contribution in [3.05, 3.63) is 64.3 Å². The van der Waals surface area contributed by atoms with Gasteiger partial charge in [0.2, 0.25) is 5.91 Å². The van der Waals surface area contributed by atoms with Crippen LogP contribution >= 0.6 is 11.6 Å². The fourth-order valence-corrected chi connectivity index (χ4v) is 4.76. The van der Waals surface area contributed by atoms with E-state index < -0.39 is 17.7 Å².